The number of nitrogens with zero attached hydrogens (tertiary/aromatic N) is 1. The summed E-state index contributed by atoms with van der Waals surface area (Å²) in [6.45, 7) is 1.58. The Morgan fingerprint density at radius 1 is 1.73 bits per heavy atom. The third-order valence-electron chi connectivity index (χ3n) is 1.46. The molecular weight excluding hydrogens is 148 g/mol. The zero-order valence-electron chi connectivity index (χ0n) is 6.45. The number of rotatable bonds is 5. The normalized spacial score (nSPS) is 12.5. The summed E-state index contributed by atoms with van der Waals surface area (Å²) in [4.78, 5) is 19.9. The maximum Gasteiger partial charge on any atom is 0.220 e. The lowest BCUT2D eigenvalue weighted by molar-refractivity contribution is -0.480. The molecule has 0 saturated heterocycles. The minimum Gasteiger partial charge on any atom is -0.369 e. The van der Waals surface area contributed by atoms with Crippen molar-refractivity contribution >= 4 is 5.91 Å². The second kappa shape index (κ2) is 4.65. The van der Waals surface area contributed by atoms with Gasteiger partial charge >= 0.3 is 0 Å². The number of hydrogen-bond donors (Lipinski definition) is 1. The smallest absolute Gasteiger partial charge is 0.220 e. The van der Waals surface area contributed by atoms with Gasteiger partial charge in [-0.3, -0.25) is 14.9 Å². The Morgan fingerprint density at radius 3 is 2.64 bits per heavy atom. The summed E-state index contributed by atoms with van der Waals surface area (Å²) in [6, 6.07) is 0. The van der Waals surface area contributed by atoms with Gasteiger partial charge in [0.05, 0.1) is 0 Å². The highest BCUT2D eigenvalue weighted by Gasteiger charge is 2.09. The Kier molecular flexibility index (Phi) is 4.17. The molecule has 0 radical (unpaired) electrons. The van der Waals surface area contributed by atoms with Crippen molar-refractivity contribution < 1.29 is 9.72 Å². The number of nitrogens with two attached hydrogens (primary N) is 1. The average molecular weight is 160 g/mol. The predicted octanol–water partition coefficient (Wildman–Crippen LogP) is 0.165. The van der Waals surface area contributed by atoms with E-state index in [1.54, 1.807) is 6.92 Å². The van der Waals surface area contributed by atoms with Gasteiger partial charge in [-0.25, -0.2) is 0 Å². The topological polar surface area (TPSA) is 86.2 Å². The first kappa shape index (κ1) is 9.87. The van der Waals surface area contributed by atoms with E-state index in [0.717, 1.165) is 0 Å². The molecule has 0 aromatic heterocycles. The highest BCUT2D eigenvalue weighted by Crippen LogP contribution is 2.03. The monoisotopic (exact) mass is 160 g/mol. The average Bonchev–Trinajstić information content (AvgIpc) is 1.86. The van der Waals surface area contributed by atoms with Crippen molar-refractivity contribution in [2.24, 2.45) is 11.7 Å². The van der Waals surface area contributed by atoms with Crippen LogP contribution in [0.15, 0.2) is 0 Å². The van der Waals surface area contributed by atoms with Gasteiger partial charge in [0.25, 0.3) is 0 Å². The van der Waals surface area contributed by atoms with Gasteiger partial charge in [0.1, 0.15) is 0 Å². The van der Waals surface area contributed by atoms with Gasteiger partial charge in [0.2, 0.25) is 12.5 Å². The maximum atomic E-state index is 10.4. The second-order valence-electron chi connectivity index (χ2n) is 2.50. The van der Waals surface area contributed by atoms with Gasteiger partial charge in [-0.2, -0.15) is 0 Å². The summed E-state index contributed by atoms with van der Waals surface area (Å²) >= 11 is 0. The first-order chi connectivity index (χ1) is 5.04. The van der Waals surface area contributed by atoms with Gasteiger partial charge in [0, 0.05) is 17.3 Å². The fraction of sp³-hybridized carbons (Fsp3) is 0.833. The molecule has 5 nitrogen and oxygen atoms in total. The van der Waals surface area contributed by atoms with Gasteiger partial charge < -0.3 is 5.73 Å². The van der Waals surface area contributed by atoms with Crippen LogP contribution in [0.3, 0.4) is 0 Å². The van der Waals surface area contributed by atoms with Crippen LogP contribution >= 0.6 is 0 Å². The van der Waals surface area contributed by atoms with E-state index in [-0.39, 0.29) is 12.5 Å². The van der Waals surface area contributed by atoms with Crippen molar-refractivity contribution in [3.05, 3.63) is 10.1 Å². The minimum absolute atomic E-state index is 0.0857. The van der Waals surface area contributed by atoms with E-state index in [1.807, 2.05) is 0 Å². The highest BCUT2D eigenvalue weighted by molar-refractivity contribution is 5.76. The van der Waals surface area contributed by atoms with E-state index in [4.69, 9.17) is 5.73 Å². The Morgan fingerprint density at radius 2 is 2.27 bits per heavy atom. The summed E-state index contributed by atoms with van der Waals surface area (Å²) in [5.74, 6) is -0.650. The number of hydrogen-bond acceptors (Lipinski definition) is 3. The molecule has 0 fully saturated rings. The molecule has 2 N–H and O–H groups in total. The maximum absolute atomic E-state index is 10.4. The summed E-state index contributed by atoms with van der Waals surface area (Å²) in [6.07, 6.45) is 0.910. The molecule has 0 spiro atoms. The van der Waals surface area contributed by atoms with Crippen LogP contribution in [0.2, 0.25) is 0 Å². The fourth-order valence-corrected chi connectivity index (χ4v) is 0.669. The molecule has 1 atom stereocenters. The summed E-state index contributed by atoms with van der Waals surface area (Å²) in [7, 11) is 0. The summed E-state index contributed by atoms with van der Waals surface area (Å²) < 4.78 is 0. The van der Waals surface area contributed by atoms with Gasteiger partial charge in [-0.15, -0.1) is 0 Å². The molecule has 0 aromatic rings. The minimum atomic E-state index is -0.395. The zero-order valence-corrected chi connectivity index (χ0v) is 6.45. The molecular formula is C6H12N2O3. The SMILES string of the molecule is CC(CCC[N+](=O)[O-])C(N)=O. The first-order valence-electron chi connectivity index (χ1n) is 3.45. The Bertz CT molecular complexity index is 158. The van der Waals surface area contributed by atoms with Gasteiger partial charge in [-0.05, 0) is 6.42 Å². The van der Waals surface area contributed by atoms with Crippen LogP contribution in [-0.4, -0.2) is 17.4 Å². The third-order valence-corrected chi connectivity index (χ3v) is 1.46. The van der Waals surface area contributed by atoms with Crippen molar-refractivity contribution in [2.45, 2.75) is 19.8 Å². The zero-order chi connectivity index (χ0) is 8.85. The number of nitro groups is 1. The molecule has 0 aromatic carbocycles. The molecule has 1 unspecified atom stereocenters. The number of amides is 1. The number of carbonyl (C=O) groups is 1. The lowest BCUT2D eigenvalue weighted by atomic mass is 10.1. The lowest BCUT2D eigenvalue weighted by Crippen LogP contribution is -2.21. The van der Waals surface area contributed by atoms with Crippen molar-refractivity contribution in [1.82, 2.24) is 0 Å². The standard InChI is InChI=1S/C6H12N2O3/c1-5(6(7)9)3-2-4-8(10)11/h5H,2-4H2,1H3,(H2,7,9). The first-order valence-corrected chi connectivity index (χ1v) is 3.45. The quantitative estimate of drug-likeness (QED) is 0.459. The molecule has 0 saturated carbocycles. The van der Waals surface area contributed by atoms with Crippen LogP contribution in [0.1, 0.15) is 19.8 Å². The summed E-state index contributed by atoms with van der Waals surface area (Å²) in [5.41, 5.74) is 4.94. The van der Waals surface area contributed by atoms with Crippen LogP contribution < -0.4 is 5.73 Å². The molecule has 0 aliphatic carbocycles. The molecule has 0 rings (SSSR count). The van der Waals surface area contributed by atoms with Crippen LogP contribution in [0.4, 0.5) is 0 Å². The lowest BCUT2D eigenvalue weighted by Gasteiger charge is -2.02. The number of carbonyl (C=O) groups excluding carboxylic acids is 1. The molecule has 5 heteroatoms. The van der Waals surface area contributed by atoms with E-state index >= 15 is 0 Å². The third kappa shape index (κ3) is 5.32. The predicted molar refractivity (Wildman–Crippen MR) is 39.5 cm³/mol. The van der Waals surface area contributed by atoms with Crippen molar-refractivity contribution in [3.8, 4) is 0 Å². The molecule has 0 heterocycles. The molecule has 1 amide bonds. The second-order valence-corrected chi connectivity index (χ2v) is 2.50. The van der Waals surface area contributed by atoms with E-state index in [0.29, 0.717) is 12.8 Å². The van der Waals surface area contributed by atoms with Crippen LogP contribution in [0.5, 0.6) is 0 Å². The van der Waals surface area contributed by atoms with E-state index < -0.39 is 10.8 Å². The van der Waals surface area contributed by atoms with Gasteiger partial charge in [-0.1, -0.05) is 6.92 Å². The highest BCUT2D eigenvalue weighted by atomic mass is 16.6. The molecule has 0 aliphatic heterocycles. The van der Waals surface area contributed by atoms with E-state index in [1.165, 1.54) is 0 Å². The van der Waals surface area contributed by atoms with Crippen molar-refractivity contribution in [2.75, 3.05) is 6.54 Å². The largest absolute Gasteiger partial charge is 0.369 e. The fourth-order valence-electron chi connectivity index (χ4n) is 0.669. The Hall–Kier alpha value is -1.13. The Labute approximate surface area is 64.7 Å². The van der Waals surface area contributed by atoms with Crippen LogP contribution in [-0.2, 0) is 4.79 Å². The molecule has 64 valence electrons. The van der Waals surface area contributed by atoms with Crippen molar-refractivity contribution in [3.63, 3.8) is 0 Å². The van der Waals surface area contributed by atoms with E-state index in [9.17, 15) is 14.9 Å². The molecule has 0 aliphatic rings. The summed E-state index contributed by atoms with van der Waals surface area (Å²) in [5, 5.41) is 9.84. The van der Waals surface area contributed by atoms with Crippen LogP contribution in [0.25, 0.3) is 0 Å². The molecule has 11 heavy (non-hydrogen) atoms. The van der Waals surface area contributed by atoms with E-state index in [2.05, 4.69) is 0 Å². The van der Waals surface area contributed by atoms with Crippen LogP contribution in [0, 0.1) is 16.0 Å². The van der Waals surface area contributed by atoms with Gasteiger partial charge in [0.15, 0.2) is 0 Å². The number of primary amides is 1. The van der Waals surface area contributed by atoms with Crippen molar-refractivity contribution in [1.29, 1.82) is 0 Å². The Balaban J connectivity index is 3.39. The molecule has 0 bridgehead atoms.